The van der Waals surface area contributed by atoms with Gasteiger partial charge in [-0.2, -0.15) is 0 Å². The number of carbonyl (C=O) groups excluding carboxylic acids is 1. The summed E-state index contributed by atoms with van der Waals surface area (Å²) in [6.07, 6.45) is -0.780. The van der Waals surface area contributed by atoms with E-state index in [2.05, 4.69) is 4.90 Å². The number of rotatable bonds is 10. The van der Waals surface area contributed by atoms with E-state index in [1.807, 2.05) is 31.2 Å². The zero-order chi connectivity index (χ0) is 24.8. The van der Waals surface area contributed by atoms with Crippen molar-refractivity contribution in [3.63, 3.8) is 0 Å². The van der Waals surface area contributed by atoms with Gasteiger partial charge in [0, 0.05) is 31.5 Å². The van der Waals surface area contributed by atoms with Gasteiger partial charge in [-0.1, -0.05) is 12.1 Å². The summed E-state index contributed by atoms with van der Waals surface area (Å²) in [6, 6.07) is 14.8. The van der Waals surface area contributed by atoms with Gasteiger partial charge < -0.3 is 33.0 Å². The fourth-order valence-electron chi connectivity index (χ4n) is 4.14. The maximum Gasteiger partial charge on any atom is 0.231 e. The van der Waals surface area contributed by atoms with Gasteiger partial charge in [0.15, 0.2) is 17.3 Å². The quantitative estimate of drug-likeness (QED) is 0.383. The van der Waals surface area contributed by atoms with Gasteiger partial charge in [0.1, 0.15) is 11.9 Å². The molecule has 0 saturated carbocycles. The Labute approximate surface area is 205 Å². The first-order valence-electron chi connectivity index (χ1n) is 11.6. The average Bonchev–Trinajstić information content (AvgIpc) is 3.40. The smallest absolute Gasteiger partial charge is 0.231 e. The van der Waals surface area contributed by atoms with Crippen LogP contribution in [0.25, 0.3) is 11.3 Å². The second-order valence-corrected chi connectivity index (χ2v) is 7.98. The number of anilines is 1. The minimum absolute atomic E-state index is 0.205. The molecule has 1 aromatic heterocycles. The lowest BCUT2D eigenvalue weighted by molar-refractivity contribution is 0.0577. The van der Waals surface area contributed by atoms with E-state index in [1.54, 1.807) is 38.5 Å². The predicted molar refractivity (Wildman–Crippen MR) is 132 cm³/mol. The monoisotopic (exact) mass is 481 g/mol. The summed E-state index contributed by atoms with van der Waals surface area (Å²) in [5.41, 5.74) is 2.56. The van der Waals surface area contributed by atoms with Crippen LogP contribution in [0.15, 0.2) is 52.9 Å². The third-order valence-electron chi connectivity index (χ3n) is 5.93. The number of morpholine rings is 1. The number of ketones is 1. The first kappa shape index (κ1) is 24.6. The van der Waals surface area contributed by atoms with E-state index in [0.717, 1.165) is 24.3 Å². The Bertz CT molecular complexity index is 1110. The van der Waals surface area contributed by atoms with Crippen LogP contribution in [0, 0.1) is 0 Å². The molecule has 1 aliphatic rings. The lowest BCUT2D eigenvalue weighted by atomic mass is 10.0. The van der Waals surface area contributed by atoms with Crippen molar-refractivity contribution >= 4 is 11.5 Å². The number of ether oxygens (including phenoxy) is 5. The summed E-state index contributed by atoms with van der Waals surface area (Å²) in [4.78, 5) is 15.5. The molecular weight excluding hydrogens is 450 g/mol. The van der Waals surface area contributed by atoms with E-state index in [4.69, 9.17) is 28.1 Å². The van der Waals surface area contributed by atoms with E-state index in [9.17, 15) is 4.79 Å². The number of hydrogen-bond acceptors (Lipinski definition) is 8. The molecule has 1 unspecified atom stereocenters. The summed E-state index contributed by atoms with van der Waals surface area (Å²) < 4.78 is 33.6. The van der Waals surface area contributed by atoms with Crippen LogP contribution < -0.4 is 19.1 Å². The molecule has 1 saturated heterocycles. The normalized spacial score (nSPS) is 14.5. The molecule has 0 radical (unpaired) electrons. The molecule has 1 fully saturated rings. The molecule has 3 aromatic rings. The van der Waals surface area contributed by atoms with Crippen LogP contribution in [0.3, 0.4) is 0 Å². The van der Waals surface area contributed by atoms with Crippen molar-refractivity contribution < 1.29 is 32.9 Å². The number of benzene rings is 2. The molecule has 0 bridgehead atoms. The minimum Gasteiger partial charge on any atom is -0.493 e. The summed E-state index contributed by atoms with van der Waals surface area (Å²) in [6.45, 7) is 5.49. The van der Waals surface area contributed by atoms with Gasteiger partial charge in [-0.25, -0.2) is 0 Å². The van der Waals surface area contributed by atoms with Crippen molar-refractivity contribution in [2.45, 2.75) is 13.0 Å². The van der Waals surface area contributed by atoms with Crippen molar-refractivity contribution in [3.05, 3.63) is 59.9 Å². The first-order chi connectivity index (χ1) is 17.1. The minimum atomic E-state index is -0.780. The van der Waals surface area contributed by atoms with Gasteiger partial charge in [0.2, 0.25) is 11.5 Å². The Kier molecular flexibility index (Phi) is 7.94. The number of hydrogen-bond donors (Lipinski definition) is 0. The Morgan fingerprint density at radius 1 is 0.971 bits per heavy atom. The maximum absolute atomic E-state index is 13.3. The molecule has 1 aliphatic heterocycles. The second-order valence-electron chi connectivity index (χ2n) is 7.98. The average molecular weight is 482 g/mol. The van der Waals surface area contributed by atoms with E-state index < -0.39 is 6.10 Å². The zero-order valence-electron chi connectivity index (χ0n) is 20.5. The molecule has 0 spiro atoms. The Morgan fingerprint density at radius 3 is 2.20 bits per heavy atom. The molecule has 1 atom stereocenters. The van der Waals surface area contributed by atoms with Gasteiger partial charge in [-0.05, 0) is 48.9 Å². The highest BCUT2D eigenvalue weighted by molar-refractivity contribution is 5.98. The molecular formula is C27H31NO7. The highest BCUT2D eigenvalue weighted by atomic mass is 16.5. The van der Waals surface area contributed by atoms with Crippen LogP contribution in [0.5, 0.6) is 17.2 Å². The highest BCUT2D eigenvalue weighted by Gasteiger charge is 2.26. The number of Topliss-reactive ketones (excluding diaryl/α,β-unsaturated/α-hetero) is 1. The van der Waals surface area contributed by atoms with Crippen molar-refractivity contribution in [1.82, 2.24) is 0 Å². The molecule has 8 nitrogen and oxygen atoms in total. The van der Waals surface area contributed by atoms with E-state index in [1.165, 1.54) is 7.11 Å². The fraction of sp³-hybridized carbons (Fsp3) is 0.370. The van der Waals surface area contributed by atoms with Gasteiger partial charge in [-0.15, -0.1) is 0 Å². The van der Waals surface area contributed by atoms with E-state index in [-0.39, 0.29) is 11.5 Å². The number of carbonyl (C=O) groups is 1. The Morgan fingerprint density at radius 2 is 1.63 bits per heavy atom. The Hall–Kier alpha value is -3.49. The van der Waals surface area contributed by atoms with Gasteiger partial charge in [-0.3, -0.25) is 4.79 Å². The third-order valence-corrected chi connectivity index (χ3v) is 5.93. The molecule has 4 rings (SSSR count). The van der Waals surface area contributed by atoms with Crippen molar-refractivity contribution in [3.8, 4) is 28.6 Å². The zero-order valence-corrected chi connectivity index (χ0v) is 20.5. The van der Waals surface area contributed by atoms with E-state index >= 15 is 0 Å². The molecule has 2 heterocycles. The predicted octanol–water partition coefficient (Wildman–Crippen LogP) is 4.77. The van der Waals surface area contributed by atoms with Crippen molar-refractivity contribution in [2.75, 3.05) is 59.1 Å². The first-order valence-corrected chi connectivity index (χ1v) is 11.6. The van der Waals surface area contributed by atoms with Crippen LogP contribution >= 0.6 is 0 Å². The molecule has 0 amide bonds. The number of nitrogens with zero attached hydrogens (tertiary/aromatic N) is 1. The topological polar surface area (TPSA) is 79.6 Å². The molecule has 35 heavy (non-hydrogen) atoms. The fourth-order valence-corrected chi connectivity index (χ4v) is 4.14. The largest absolute Gasteiger partial charge is 0.493 e. The molecule has 0 N–H and O–H groups in total. The van der Waals surface area contributed by atoms with Crippen LogP contribution in [0.4, 0.5) is 5.69 Å². The molecule has 2 aromatic carbocycles. The summed E-state index contributed by atoms with van der Waals surface area (Å²) in [7, 11) is 4.64. The van der Waals surface area contributed by atoms with Crippen molar-refractivity contribution in [2.24, 2.45) is 0 Å². The van der Waals surface area contributed by atoms with Crippen LogP contribution in [0.2, 0.25) is 0 Å². The van der Waals surface area contributed by atoms with Crippen LogP contribution in [-0.2, 0) is 9.47 Å². The van der Waals surface area contributed by atoms with Crippen molar-refractivity contribution in [1.29, 1.82) is 0 Å². The van der Waals surface area contributed by atoms with Crippen LogP contribution in [0.1, 0.15) is 29.1 Å². The number of methoxy groups -OCH3 is 3. The molecule has 0 aliphatic carbocycles. The lowest BCUT2D eigenvalue weighted by Crippen LogP contribution is -2.36. The summed E-state index contributed by atoms with van der Waals surface area (Å²) >= 11 is 0. The third kappa shape index (κ3) is 5.28. The molecule has 8 heteroatoms. The molecule has 186 valence electrons. The van der Waals surface area contributed by atoms with Gasteiger partial charge in [0.25, 0.3) is 0 Å². The van der Waals surface area contributed by atoms with Gasteiger partial charge >= 0.3 is 0 Å². The summed E-state index contributed by atoms with van der Waals surface area (Å²) in [5, 5.41) is 0. The maximum atomic E-state index is 13.3. The SMILES string of the molecule is CCOc1c(OC)cc(-c2ccc(C(=O)C(OC)c3ccc(N4CCOCC4)cc3)o2)cc1OC. The summed E-state index contributed by atoms with van der Waals surface area (Å²) in [5.74, 6) is 1.99. The van der Waals surface area contributed by atoms with Gasteiger partial charge in [0.05, 0.1) is 34.0 Å². The highest BCUT2D eigenvalue weighted by Crippen LogP contribution is 2.42. The van der Waals surface area contributed by atoms with Crippen LogP contribution in [-0.4, -0.2) is 60.0 Å². The lowest BCUT2D eigenvalue weighted by Gasteiger charge is -2.29. The standard InChI is InChI=1S/C27H31NO7/c1-5-34-27-23(30-2)16-19(17-24(27)31-3)21-10-11-22(35-21)25(29)26(32-4)18-6-8-20(9-7-18)28-12-14-33-15-13-28/h6-11,16-17,26H,5,12-15H2,1-4H3. The second kappa shape index (κ2) is 11.3. The van der Waals surface area contributed by atoms with E-state index in [0.29, 0.717) is 48.4 Å². The Balaban J connectivity index is 1.56. The number of furan rings is 1.